The van der Waals surface area contributed by atoms with Gasteiger partial charge in [-0.15, -0.1) is 6.58 Å². The predicted molar refractivity (Wildman–Crippen MR) is 47.7 cm³/mol. The van der Waals surface area contributed by atoms with Gasteiger partial charge in [-0.3, -0.25) is 0 Å². The molecule has 0 aliphatic carbocycles. The van der Waals surface area contributed by atoms with Crippen molar-refractivity contribution in [1.82, 2.24) is 9.97 Å². The van der Waals surface area contributed by atoms with Crippen molar-refractivity contribution in [2.75, 3.05) is 0 Å². The first-order valence-corrected chi connectivity index (χ1v) is 3.73. The van der Waals surface area contributed by atoms with Crippen molar-refractivity contribution in [3.05, 3.63) is 30.4 Å². The topological polar surface area (TPSA) is 81.5 Å². The van der Waals surface area contributed by atoms with E-state index in [2.05, 4.69) is 21.7 Å². The first-order valence-electron chi connectivity index (χ1n) is 3.73. The number of aromatic nitrogens is 2. The lowest BCUT2D eigenvalue weighted by atomic mass is 10.3. The average Bonchev–Trinajstić information content (AvgIpc) is 2.64. The molecular formula is C8H11N3O2. The highest BCUT2D eigenvalue weighted by Crippen LogP contribution is 2.10. The summed E-state index contributed by atoms with van der Waals surface area (Å²) in [6.07, 6.45) is 2.08. The minimum Gasteiger partial charge on any atom is -0.411 e. The number of hydrogen-bond donors (Lipinski definition) is 3. The summed E-state index contributed by atoms with van der Waals surface area (Å²) >= 11 is 0. The summed E-state index contributed by atoms with van der Waals surface area (Å²) in [5.41, 5.74) is 0.885. The second-order valence-corrected chi connectivity index (χ2v) is 2.55. The number of oxime groups is 1. The molecule has 1 unspecified atom stereocenters. The van der Waals surface area contributed by atoms with Crippen LogP contribution >= 0.6 is 0 Å². The van der Waals surface area contributed by atoms with Gasteiger partial charge in [0, 0.05) is 0 Å². The summed E-state index contributed by atoms with van der Waals surface area (Å²) in [4.78, 5) is 6.69. The summed E-state index contributed by atoms with van der Waals surface area (Å²) in [5, 5.41) is 20.7. The zero-order chi connectivity index (χ0) is 9.84. The second-order valence-electron chi connectivity index (χ2n) is 2.55. The third-order valence-corrected chi connectivity index (χ3v) is 1.63. The van der Waals surface area contributed by atoms with Gasteiger partial charge in [0.15, 0.2) is 5.82 Å². The molecule has 0 aliphatic heterocycles. The molecule has 0 aliphatic rings. The Morgan fingerprint density at radius 3 is 3.08 bits per heavy atom. The highest BCUT2D eigenvalue weighted by Gasteiger charge is 2.08. The van der Waals surface area contributed by atoms with E-state index in [9.17, 15) is 5.11 Å². The smallest absolute Gasteiger partial charge is 0.155 e. The highest BCUT2D eigenvalue weighted by atomic mass is 16.4. The molecule has 0 saturated heterocycles. The lowest BCUT2D eigenvalue weighted by Gasteiger charge is -1.99. The van der Waals surface area contributed by atoms with Crippen LogP contribution in [0.25, 0.3) is 0 Å². The molecule has 1 rings (SSSR count). The molecule has 13 heavy (non-hydrogen) atoms. The number of H-pyrrole nitrogens is 1. The van der Waals surface area contributed by atoms with Crippen LogP contribution in [0.3, 0.4) is 0 Å². The van der Waals surface area contributed by atoms with Crippen LogP contribution in [0.1, 0.15) is 24.5 Å². The third kappa shape index (κ3) is 1.94. The largest absolute Gasteiger partial charge is 0.411 e. The second kappa shape index (κ2) is 3.86. The van der Waals surface area contributed by atoms with E-state index in [1.54, 1.807) is 6.92 Å². The van der Waals surface area contributed by atoms with Gasteiger partial charge in [0.05, 0.1) is 11.9 Å². The highest BCUT2D eigenvalue weighted by molar-refractivity contribution is 5.94. The summed E-state index contributed by atoms with van der Waals surface area (Å²) in [5.74, 6) is 0.429. The van der Waals surface area contributed by atoms with Crippen LogP contribution in [0.15, 0.2) is 24.0 Å². The van der Waals surface area contributed by atoms with Gasteiger partial charge in [0.2, 0.25) is 0 Å². The average molecular weight is 181 g/mol. The van der Waals surface area contributed by atoms with Crippen molar-refractivity contribution in [2.45, 2.75) is 13.0 Å². The molecular weight excluding hydrogens is 170 g/mol. The Kier molecular flexibility index (Phi) is 2.81. The minimum absolute atomic E-state index is 0.363. The molecule has 1 heterocycles. The predicted octanol–water partition coefficient (Wildman–Crippen LogP) is 0.827. The van der Waals surface area contributed by atoms with Crippen LogP contribution < -0.4 is 0 Å². The molecule has 3 N–H and O–H groups in total. The van der Waals surface area contributed by atoms with Gasteiger partial charge in [0.1, 0.15) is 11.8 Å². The molecule has 0 radical (unpaired) electrons. The van der Waals surface area contributed by atoms with Crippen LogP contribution in [0.4, 0.5) is 0 Å². The molecule has 1 aromatic heterocycles. The first-order chi connectivity index (χ1) is 6.19. The van der Waals surface area contributed by atoms with Gasteiger partial charge >= 0.3 is 0 Å². The molecule has 1 atom stereocenters. The Labute approximate surface area is 75.4 Å². The molecule has 0 fully saturated rings. The van der Waals surface area contributed by atoms with Crippen molar-refractivity contribution in [1.29, 1.82) is 0 Å². The molecule has 0 saturated carbocycles. The van der Waals surface area contributed by atoms with Crippen LogP contribution in [-0.2, 0) is 0 Å². The number of nitrogens with one attached hydrogen (secondary N) is 1. The fourth-order valence-electron chi connectivity index (χ4n) is 0.844. The van der Waals surface area contributed by atoms with Crippen LogP contribution in [0, 0.1) is 0 Å². The maximum Gasteiger partial charge on any atom is 0.155 e. The Hall–Kier alpha value is -1.62. The van der Waals surface area contributed by atoms with Gasteiger partial charge in [-0.2, -0.15) is 0 Å². The lowest BCUT2D eigenvalue weighted by molar-refractivity contribution is 0.224. The first kappa shape index (κ1) is 9.47. The summed E-state index contributed by atoms with van der Waals surface area (Å²) in [7, 11) is 0. The Bertz CT molecular complexity index is 330. The van der Waals surface area contributed by atoms with Crippen LogP contribution in [-0.4, -0.2) is 26.0 Å². The maximum atomic E-state index is 9.31. The molecule has 5 heteroatoms. The normalized spacial score (nSPS) is 14.2. The SMILES string of the molecule is C=CC(O)c1cnc(/C(C)=N/O)[nH]1. The quantitative estimate of drug-likeness (QED) is 0.279. The van der Waals surface area contributed by atoms with Gasteiger partial charge < -0.3 is 15.3 Å². The molecule has 5 nitrogen and oxygen atoms in total. The fraction of sp³-hybridized carbons (Fsp3) is 0.250. The van der Waals surface area contributed by atoms with Crippen molar-refractivity contribution in [3.8, 4) is 0 Å². The third-order valence-electron chi connectivity index (χ3n) is 1.63. The fourth-order valence-corrected chi connectivity index (χ4v) is 0.844. The number of aromatic amines is 1. The standard InChI is InChI=1S/C8H11N3O2/c1-3-7(12)6-4-9-8(10-6)5(2)11-13/h3-4,7,12-13H,1H2,2H3,(H,9,10)/b11-5+. The monoisotopic (exact) mass is 181 g/mol. The van der Waals surface area contributed by atoms with E-state index in [1.165, 1.54) is 12.3 Å². The van der Waals surface area contributed by atoms with Crippen LogP contribution in [0.5, 0.6) is 0 Å². The number of imidazole rings is 1. The van der Waals surface area contributed by atoms with E-state index >= 15 is 0 Å². The van der Waals surface area contributed by atoms with Gasteiger partial charge in [-0.1, -0.05) is 11.2 Å². The number of nitrogens with zero attached hydrogens (tertiary/aromatic N) is 2. The summed E-state index contributed by atoms with van der Waals surface area (Å²) in [6.45, 7) is 5.03. The van der Waals surface area contributed by atoms with Crippen molar-refractivity contribution < 1.29 is 10.3 Å². The number of aliphatic hydroxyl groups excluding tert-OH is 1. The summed E-state index contributed by atoms with van der Waals surface area (Å²) < 4.78 is 0. The number of aliphatic hydroxyl groups is 1. The lowest BCUT2D eigenvalue weighted by Crippen LogP contribution is -1.98. The Morgan fingerprint density at radius 2 is 2.54 bits per heavy atom. The number of hydrogen-bond acceptors (Lipinski definition) is 4. The van der Waals surface area contributed by atoms with Crippen molar-refractivity contribution in [2.24, 2.45) is 5.16 Å². The Balaban J connectivity index is 2.92. The number of rotatable bonds is 3. The van der Waals surface area contributed by atoms with Crippen molar-refractivity contribution >= 4 is 5.71 Å². The molecule has 0 amide bonds. The maximum absolute atomic E-state index is 9.31. The Morgan fingerprint density at radius 1 is 1.85 bits per heavy atom. The summed E-state index contributed by atoms with van der Waals surface area (Å²) in [6, 6.07) is 0. The zero-order valence-electron chi connectivity index (χ0n) is 7.23. The van der Waals surface area contributed by atoms with Gasteiger partial charge in [-0.25, -0.2) is 4.98 Å². The van der Waals surface area contributed by atoms with E-state index in [4.69, 9.17) is 5.21 Å². The van der Waals surface area contributed by atoms with Crippen molar-refractivity contribution in [3.63, 3.8) is 0 Å². The van der Waals surface area contributed by atoms with E-state index in [0.717, 1.165) is 0 Å². The van der Waals surface area contributed by atoms with Gasteiger partial charge in [0.25, 0.3) is 0 Å². The zero-order valence-corrected chi connectivity index (χ0v) is 7.23. The molecule has 0 aromatic carbocycles. The molecule has 1 aromatic rings. The van der Waals surface area contributed by atoms with Crippen LogP contribution in [0.2, 0.25) is 0 Å². The van der Waals surface area contributed by atoms with E-state index in [-0.39, 0.29) is 0 Å². The minimum atomic E-state index is -0.771. The van der Waals surface area contributed by atoms with E-state index in [0.29, 0.717) is 17.2 Å². The molecule has 0 bridgehead atoms. The van der Waals surface area contributed by atoms with E-state index < -0.39 is 6.10 Å². The molecule has 70 valence electrons. The molecule has 0 spiro atoms. The van der Waals surface area contributed by atoms with E-state index in [1.807, 2.05) is 0 Å². The van der Waals surface area contributed by atoms with Gasteiger partial charge in [-0.05, 0) is 6.92 Å².